The zero-order valence-electron chi connectivity index (χ0n) is 17.0. The first-order valence-corrected chi connectivity index (χ1v) is 12.3. The lowest BCUT2D eigenvalue weighted by atomic mass is 10.00. The van der Waals surface area contributed by atoms with Crippen molar-refractivity contribution in [3.63, 3.8) is 0 Å². The Balaban J connectivity index is 1.53. The maximum Gasteiger partial charge on any atom is 0.191 e. The predicted molar refractivity (Wildman–Crippen MR) is 144 cm³/mol. The third-order valence-corrected chi connectivity index (χ3v) is 7.26. The zero-order valence-corrected chi connectivity index (χ0v) is 20.0. The fraction of sp³-hybridized carbons (Fsp3) is 0. The highest BCUT2D eigenvalue weighted by Gasteiger charge is 2.14. The SMILES string of the molecule is Ic1nc(-c2cccc(-c3ccccc3)c2)cc(-c2cccc3sc4ccccc4c23)n1. The number of nitrogens with zero attached hydrogens (tertiary/aromatic N) is 2. The quantitative estimate of drug-likeness (QED) is 0.166. The van der Waals surface area contributed by atoms with Crippen molar-refractivity contribution in [2.45, 2.75) is 0 Å². The Morgan fingerprint density at radius 2 is 1.25 bits per heavy atom. The minimum atomic E-state index is 0.747. The van der Waals surface area contributed by atoms with Crippen LogP contribution in [-0.4, -0.2) is 9.97 Å². The van der Waals surface area contributed by atoms with Gasteiger partial charge < -0.3 is 0 Å². The minimum Gasteiger partial charge on any atom is -0.223 e. The van der Waals surface area contributed by atoms with Gasteiger partial charge in [-0.15, -0.1) is 11.3 Å². The molecule has 0 saturated heterocycles. The van der Waals surface area contributed by atoms with Crippen LogP contribution >= 0.6 is 33.9 Å². The Hall–Kier alpha value is -3.09. The van der Waals surface area contributed by atoms with Crippen molar-refractivity contribution in [2.24, 2.45) is 0 Å². The Bertz CT molecular complexity index is 1590. The standard InChI is InChI=1S/C28H17IN2S/c29-28-30-23(20-11-6-10-19(16-20)18-8-2-1-3-9-18)17-24(31-28)21-13-7-15-26-27(21)22-12-4-5-14-25(22)32-26/h1-17H. The maximum atomic E-state index is 4.83. The predicted octanol–water partition coefficient (Wildman–Crippen LogP) is 8.45. The van der Waals surface area contributed by atoms with Crippen molar-refractivity contribution in [3.05, 3.63) is 107 Å². The molecule has 0 fully saturated rings. The molecule has 0 saturated carbocycles. The van der Waals surface area contributed by atoms with E-state index in [4.69, 9.17) is 9.97 Å². The molecular formula is C28H17IN2S. The molecule has 0 aliphatic heterocycles. The van der Waals surface area contributed by atoms with E-state index in [-0.39, 0.29) is 0 Å². The van der Waals surface area contributed by atoms with Gasteiger partial charge in [0.05, 0.1) is 11.4 Å². The van der Waals surface area contributed by atoms with Crippen molar-refractivity contribution in [2.75, 3.05) is 0 Å². The molecule has 2 heterocycles. The van der Waals surface area contributed by atoms with Gasteiger partial charge in [0.15, 0.2) is 3.83 Å². The molecule has 0 amide bonds. The first kappa shape index (κ1) is 19.6. The van der Waals surface area contributed by atoms with E-state index >= 15 is 0 Å². The van der Waals surface area contributed by atoms with Crippen molar-refractivity contribution < 1.29 is 0 Å². The number of thiophene rings is 1. The number of hydrogen-bond donors (Lipinski definition) is 0. The van der Waals surface area contributed by atoms with Gasteiger partial charge in [-0.25, -0.2) is 9.97 Å². The number of fused-ring (bicyclic) bond motifs is 3. The highest BCUT2D eigenvalue weighted by Crippen LogP contribution is 2.40. The van der Waals surface area contributed by atoms with Crippen molar-refractivity contribution in [1.82, 2.24) is 9.97 Å². The summed E-state index contributed by atoms with van der Waals surface area (Å²) >= 11 is 4.06. The second kappa shape index (κ2) is 8.11. The smallest absolute Gasteiger partial charge is 0.191 e. The van der Waals surface area contributed by atoms with Crippen molar-refractivity contribution >= 4 is 54.1 Å². The lowest BCUT2D eigenvalue weighted by molar-refractivity contribution is 1.12. The van der Waals surface area contributed by atoms with Crippen LogP contribution < -0.4 is 0 Å². The molecule has 0 aliphatic carbocycles. The number of halogens is 1. The van der Waals surface area contributed by atoms with Crippen LogP contribution in [0.1, 0.15) is 0 Å². The van der Waals surface area contributed by atoms with E-state index in [1.165, 1.54) is 31.3 Å². The van der Waals surface area contributed by atoms with E-state index < -0.39 is 0 Å². The number of hydrogen-bond acceptors (Lipinski definition) is 3. The zero-order chi connectivity index (χ0) is 21.5. The summed E-state index contributed by atoms with van der Waals surface area (Å²) in [6.07, 6.45) is 0. The Labute approximate surface area is 203 Å². The first-order chi connectivity index (χ1) is 15.8. The largest absolute Gasteiger partial charge is 0.223 e. The second-order valence-electron chi connectivity index (χ2n) is 7.63. The maximum absolute atomic E-state index is 4.83. The Kier molecular flexibility index (Phi) is 4.97. The normalized spacial score (nSPS) is 11.3. The highest BCUT2D eigenvalue weighted by molar-refractivity contribution is 14.1. The van der Waals surface area contributed by atoms with Crippen molar-refractivity contribution in [1.29, 1.82) is 0 Å². The topological polar surface area (TPSA) is 25.8 Å². The molecule has 4 aromatic carbocycles. The minimum absolute atomic E-state index is 0.747. The molecule has 0 unspecified atom stereocenters. The lowest BCUT2D eigenvalue weighted by Gasteiger charge is -2.09. The summed E-state index contributed by atoms with van der Waals surface area (Å²) in [5.41, 5.74) is 6.53. The molecule has 0 radical (unpaired) electrons. The molecule has 6 aromatic rings. The van der Waals surface area contributed by atoms with Crippen molar-refractivity contribution in [3.8, 4) is 33.6 Å². The molecule has 0 spiro atoms. The molecule has 152 valence electrons. The van der Waals surface area contributed by atoms with Crippen LogP contribution in [-0.2, 0) is 0 Å². The average Bonchev–Trinajstić information content (AvgIpc) is 3.23. The molecule has 4 heteroatoms. The number of aromatic nitrogens is 2. The van der Waals surface area contributed by atoms with Crippen LogP contribution in [0.2, 0.25) is 0 Å². The van der Waals surface area contributed by atoms with Crippen LogP contribution in [0.3, 0.4) is 0 Å². The van der Waals surface area contributed by atoms with Gasteiger partial charge >= 0.3 is 0 Å². The van der Waals surface area contributed by atoms with Crippen LogP contribution in [0.5, 0.6) is 0 Å². The second-order valence-corrected chi connectivity index (χ2v) is 9.68. The molecule has 0 aliphatic rings. The first-order valence-electron chi connectivity index (χ1n) is 10.4. The van der Waals surface area contributed by atoms with Gasteiger partial charge in [0.2, 0.25) is 0 Å². The molecule has 2 aromatic heterocycles. The van der Waals surface area contributed by atoms with Gasteiger partial charge in [-0.3, -0.25) is 0 Å². The summed E-state index contributed by atoms with van der Waals surface area (Å²) in [5.74, 6) is 0. The Morgan fingerprint density at radius 3 is 2.16 bits per heavy atom. The fourth-order valence-electron chi connectivity index (χ4n) is 4.18. The van der Waals surface area contributed by atoms with Crippen LogP contribution in [0.25, 0.3) is 53.8 Å². The van der Waals surface area contributed by atoms with Crippen LogP contribution in [0.15, 0.2) is 103 Å². The third-order valence-electron chi connectivity index (χ3n) is 5.64. The summed E-state index contributed by atoms with van der Waals surface area (Å²) < 4.78 is 3.33. The van der Waals surface area contributed by atoms with E-state index in [1.807, 2.05) is 17.4 Å². The third kappa shape index (κ3) is 3.49. The molecule has 6 rings (SSSR count). The van der Waals surface area contributed by atoms with E-state index in [1.54, 1.807) is 0 Å². The summed E-state index contributed by atoms with van der Waals surface area (Å²) in [6, 6.07) is 36.2. The van der Waals surface area contributed by atoms with Crippen LogP contribution in [0.4, 0.5) is 0 Å². The molecular weight excluding hydrogens is 523 g/mol. The average molecular weight is 540 g/mol. The summed E-state index contributed by atoms with van der Waals surface area (Å²) in [6.45, 7) is 0. The van der Waals surface area contributed by atoms with Gasteiger partial charge in [0, 0.05) is 53.9 Å². The van der Waals surface area contributed by atoms with E-state index in [0.717, 1.165) is 26.3 Å². The van der Waals surface area contributed by atoms with Gasteiger partial charge in [0.1, 0.15) is 0 Å². The Morgan fingerprint density at radius 1 is 0.562 bits per heavy atom. The number of benzene rings is 4. The molecule has 0 atom stereocenters. The van der Waals surface area contributed by atoms with E-state index in [2.05, 4.69) is 120 Å². The molecule has 32 heavy (non-hydrogen) atoms. The van der Waals surface area contributed by atoms with E-state index in [0.29, 0.717) is 0 Å². The molecule has 0 N–H and O–H groups in total. The van der Waals surface area contributed by atoms with Gasteiger partial charge in [-0.05, 0) is 35.4 Å². The number of rotatable bonds is 3. The van der Waals surface area contributed by atoms with Gasteiger partial charge in [-0.1, -0.05) is 78.9 Å². The van der Waals surface area contributed by atoms with Crippen LogP contribution in [0, 0.1) is 3.83 Å². The fourth-order valence-corrected chi connectivity index (χ4v) is 5.83. The summed E-state index contributed by atoms with van der Waals surface area (Å²) in [7, 11) is 0. The highest BCUT2D eigenvalue weighted by atomic mass is 127. The lowest BCUT2D eigenvalue weighted by Crippen LogP contribution is -1.95. The monoisotopic (exact) mass is 540 g/mol. The summed E-state index contributed by atoms with van der Waals surface area (Å²) in [4.78, 5) is 9.60. The summed E-state index contributed by atoms with van der Waals surface area (Å²) in [5, 5.41) is 2.55. The van der Waals surface area contributed by atoms with Gasteiger partial charge in [-0.2, -0.15) is 0 Å². The van der Waals surface area contributed by atoms with Gasteiger partial charge in [0.25, 0.3) is 0 Å². The van der Waals surface area contributed by atoms with E-state index in [9.17, 15) is 0 Å². The molecule has 2 nitrogen and oxygen atoms in total. The molecule has 0 bridgehead atoms.